The molecule has 0 amide bonds. The highest BCUT2D eigenvalue weighted by Gasteiger charge is 2.08. The van der Waals surface area contributed by atoms with E-state index in [0.717, 1.165) is 11.3 Å². The van der Waals surface area contributed by atoms with Gasteiger partial charge >= 0.3 is 0 Å². The number of anilines is 1. The van der Waals surface area contributed by atoms with Gasteiger partial charge < -0.3 is 10.6 Å². The van der Waals surface area contributed by atoms with Crippen molar-refractivity contribution >= 4 is 17.3 Å². The van der Waals surface area contributed by atoms with E-state index in [4.69, 9.17) is 22.6 Å². The number of halogens is 1. The Balaban J connectivity index is 2.86. The van der Waals surface area contributed by atoms with Crippen LogP contribution < -0.4 is 10.6 Å². The first-order chi connectivity index (χ1) is 7.56. The lowest BCUT2D eigenvalue weighted by Gasteiger charge is -2.20. The quantitative estimate of drug-likeness (QED) is 0.876. The van der Waals surface area contributed by atoms with Crippen LogP contribution in [0.2, 0.25) is 5.02 Å². The summed E-state index contributed by atoms with van der Waals surface area (Å²) in [7, 11) is 1.92. The molecule has 0 bridgehead atoms. The SMILES string of the molecule is C[C@H](N)c1ccc(N(C)CCC#N)c(Cl)c1. The minimum atomic E-state index is -0.0176. The van der Waals surface area contributed by atoms with Crippen molar-refractivity contribution in [2.24, 2.45) is 5.73 Å². The van der Waals surface area contributed by atoms with Crippen molar-refractivity contribution in [3.63, 3.8) is 0 Å². The molecule has 1 aromatic rings. The number of hydrogen-bond acceptors (Lipinski definition) is 3. The number of rotatable bonds is 4. The van der Waals surface area contributed by atoms with E-state index in [9.17, 15) is 0 Å². The van der Waals surface area contributed by atoms with Crippen LogP contribution in [0.25, 0.3) is 0 Å². The zero-order chi connectivity index (χ0) is 12.1. The average molecular weight is 238 g/mol. The van der Waals surface area contributed by atoms with Crippen molar-refractivity contribution < 1.29 is 0 Å². The zero-order valence-corrected chi connectivity index (χ0v) is 10.3. The Bertz CT molecular complexity index is 396. The fraction of sp³-hybridized carbons (Fsp3) is 0.417. The summed E-state index contributed by atoms with van der Waals surface area (Å²) in [6.45, 7) is 2.60. The molecule has 2 N–H and O–H groups in total. The summed E-state index contributed by atoms with van der Waals surface area (Å²) >= 11 is 6.17. The maximum atomic E-state index is 8.52. The molecular formula is C12H16ClN3. The van der Waals surface area contributed by atoms with E-state index < -0.39 is 0 Å². The minimum Gasteiger partial charge on any atom is -0.372 e. The normalized spacial score (nSPS) is 11.9. The lowest BCUT2D eigenvalue weighted by molar-refractivity contribution is 0.817. The molecule has 1 atom stereocenters. The second-order valence-electron chi connectivity index (χ2n) is 3.83. The van der Waals surface area contributed by atoms with Crippen LogP contribution in [0.15, 0.2) is 18.2 Å². The van der Waals surface area contributed by atoms with Gasteiger partial charge in [-0.3, -0.25) is 0 Å². The van der Waals surface area contributed by atoms with Crippen molar-refractivity contribution in [1.29, 1.82) is 5.26 Å². The lowest BCUT2D eigenvalue weighted by Crippen LogP contribution is -2.18. The van der Waals surface area contributed by atoms with Gasteiger partial charge in [0.1, 0.15) is 0 Å². The highest BCUT2D eigenvalue weighted by atomic mass is 35.5. The first-order valence-corrected chi connectivity index (χ1v) is 5.57. The van der Waals surface area contributed by atoms with Gasteiger partial charge in [-0.2, -0.15) is 5.26 Å². The Morgan fingerprint density at radius 1 is 1.56 bits per heavy atom. The Labute approximate surface area is 101 Å². The van der Waals surface area contributed by atoms with Crippen molar-refractivity contribution in [2.75, 3.05) is 18.5 Å². The van der Waals surface area contributed by atoms with Crippen LogP contribution in [0.5, 0.6) is 0 Å². The van der Waals surface area contributed by atoms with Crippen molar-refractivity contribution in [1.82, 2.24) is 0 Å². The third-order valence-electron chi connectivity index (χ3n) is 2.47. The van der Waals surface area contributed by atoms with E-state index in [1.807, 2.05) is 37.1 Å². The van der Waals surface area contributed by atoms with Gasteiger partial charge in [-0.1, -0.05) is 17.7 Å². The number of hydrogen-bond donors (Lipinski definition) is 1. The Morgan fingerprint density at radius 3 is 2.75 bits per heavy atom. The molecule has 0 spiro atoms. The highest BCUT2D eigenvalue weighted by Crippen LogP contribution is 2.27. The molecule has 4 heteroatoms. The van der Waals surface area contributed by atoms with Crippen LogP contribution in [0.4, 0.5) is 5.69 Å². The molecule has 86 valence electrons. The van der Waals surface area contributed by atoms with Gasteiger partial charge in [0.2, 0.25) is 0 Å². The summed E-state index contributed by atoms with van der Waals surface area (Å²) in [6, 6.07) is 7.88. The third kappa shape index (κ3) is 3.13. The maximum absolute atomic E-state index is 8.52. The fourth-order valence-electron chi connectivity index (χ4n) is 1.45. The van der Waals surface area contributed by atoms with E-state index in [1.165, 1.54) is 0 Å². The van der Waals surface area contributed by atoms with Crippen LogP contribution in [0, 0.1) is 11.3 Å². The van der Waals surface area contributed by atoms with Crippen LogP contribution in [-0.2, 0) is 0 Å². The first kappa shape index (κ1) is 12.8. The summed E-state index contributed by atoms with van der Waals surface area (Å²) in [5.74, 6) is 0. The van der Waals surface area contributed by atoms with Crippen molar-refractivity contribution in [3.05, 3.63) is 28.8 Å². The van der Waals surface area contributed by atoms with Gasteiger partial charge in [-0.15, -0.1) is 0 Å². The molecule has 0 aromatic heterocycles. The summed E-state index contributed by atoms with van der Waals surface area (Å²) < 4.78 is 0. The predicted molar refractivity (Wildman–Crippen MR) is 67.6 cm³/mol. The van der Waals surface area contributed by atoms with Gasteiger partial charge in [-0.05, 0) is 24.6 Å². The lowest BCUT2D eigenvalue weighted by atomic mass is 10.1. The molecule has 0 radical (unpaired) electrons. The molecule has 3 nitrogen and oxygen atoms in total. The summed E-state index contributed by atoms with van der Waals surface area (Å²) in [4.78, 5) is 1.97. The number of benzene rings is 1. The number of nitriles is 1. The smallest absolute Gasteiger partial charge is 0.0642 e. The average Bonchev–Trinajstić information content (AvgIpc) is 2.25. The van der Waals surface area contributed by atoms with E-state index in [2.05, 4.69) is 6.07 Å². The van der Waals surface area contributed by atoms with Gasteiger partial charge in [0.25, 0.3) is 0 Å². The molecule has 0 aliphatic rings. The molecule has 0 fully saturated rings. The molecule has 1 rings (SSSR count). The summed E-state index contributed by atoms with van der Waals surface area (Å²) in [6.07, 6.45) is 0.488. The number of nitrogens with zero attached hydrogens (tertiary/aromatic N) is 2. The maximum Gasteiger partial charge on any atom is 0.0642 e. The Morgan fingerprint density at radius 2 is 2.25 bits per heavy atom. The van der Waals surface area contributed by atoms with Crippen LogP contribution in [-0.4, -0.2) is 13.6 Å². The topological polar surface area (TPSA) is 53.0 Å². The van der Waals surface area contributed by atoms with Crippen LogP contribution in [0.1, 0.15) is 24.9 Å². The predicted octanol–water partition coefficient (Wildman–Crippen LogP) is 2.71. The molecule has 0 heterocycles. The van der Waals surface area contributed by atoms with Crippen molar-refractivity contribution in [3.8, 4) is 6.07 Å². The summed E-state index contributed by atoms with van der Waals surface area (Å²) in [5, 5.41) is 9.20. The largest absolute Gasteiger partial charge is 0.372 e. The van der Waals surface area contributed by atoms with Crippen LogP contribution in [0.3, 0.4) is 0 Å². The standard InChI is InChI=1S/C12H16ClN3/c1-9(15)10-4-5-12(11(13)8-10)16(2)7-3-6-14/h4-5,8-9H,3,7,15H2,1-2H3/t9-/m0/s1. The third-order valence-corrected chi connectivity index (χ3v) is 2.77. The summed E-state index contributed by atoms with van der Waals surface area (Å²) in [5.41, 5.74) is 7.72. The molecule has 0 aliphatic heterocycles. The van der Waals surface area contributed by atoms with E-state index in [-0.39, 0.29) is 6.04 Å². The number of nitrogens with two attached hydrogens (primary N) is 1. The second-order valence-corrected chi connectivity index (χ2v) is 4.24. The van der Waals surface area contributed by atoms with Gasteiger partial charge in [0.15, 0.2) is 0 Å². The fourth-order valence-corrected chi connectivity index (χ4v) is 1.79. The molecule has 0 unspecified atom stereocenters. The van der Waals surface area contributed by atoms with E-state index >= 15 is 0 Å². The molecule has 1 aromatic carbocycles. The first-order valence-electron chi connectivity index (χ1n) is 5.19. The van der Waals surface area contributed by atoms with Crippen LogP contribution >= 0.6 is 11.6 Å². The van der Waals surface area contributed by atoms with E-state index in [0.29, 0.717) is 18.0 Å². The van der Waals surface area contributed by atoms with Crippen molar-refractivity contribution in [2.45, 2.75) is 19.4 Å². The van der Waals surface area contributed by atoms with E-state index in [1.54, 1.807) is 0 Å². The Kier molecular flexibility index (Phi) is 4.60. The molecule has 0 saturated heterocycles. The Hall–Kier alpha value is -1.24. The van der Waals surface area contributed by atoms with Gasteiger partial charge in [-0.25, -0.2) is 0 Å². The van der Waals surface area contributed by atoms with Gasteiger partial charge in [0.05, 0.1) is 23.2 Å². The second kappa shape index (κ2) is 5.74. The monoisotopic (exact) mass is 237 g/mol. The molecule has 0 saturated carbocycles. The zero-order valence-electron chi connectivity index (χ0n) is 9.57. The molecular weight excluding hydrogens is 222 g/mol. The molecule has 0 aliphatic carbocycles. The van der Waals surface area contributed by atoms with Gasteiger partial charge in [0, 0.05) is 19.6 Å². The minimum absolute atomic E-state index is 0.0176. The molecule has 16 heavy (non-hydrogen) atoms. The highest BCUT2D eigenvalue weighted by molar-refractivity contribution is 6.33.